The highest BCUT2D eigenvalue weighted by Gasteiger charge is 2.14. The molecule has 0 bridgehead atoms. The zero-order chi connectivity index (χ0) is 18.8. The minimum Gasteiger partial charge on any atom is -0.438 e. The summed E-state index contributed by atoms with van der Waals surface area (Å²) in [6, 6.07) is 15.1. The molecule has 0 saturated carbocycles. The minimum absolute atomic E-state index is 0.254. The Kier molecular flexibility index (Phi) is 4.87. The summed E-state index contributed by atoms with van der Waals surface area (Å²) >= 11 is 4.80. The average Bonchev–Trinajstić information content (AvgIpc) is 3.14. The zero-order valence-electron chi connectivity index (χ0n) is 14.3. The molecule has 2 aromatic carbocycles. The molecule has 0 radical (unpaired) electrons. The Morgan fingerprint density at radius 1 is 1.22 bits per heavy atom. The van der Waals surface area contributed by atoms with E-state index in [1.807, 2.05) is 49.4 Å². The Labute approximate surface area is 167 Å². The van der Waals surface area contributed by atoms with Gasteiger partial charge < -0.3 is 4.42 Å². The molecule has 27 heavy (non-hydrogen) atoms. The van der Waals surface area contributed by atoms with Gasteiger partial charge in [0, 0.05) is 21.4 Å². The molecule has 0 spiro atoms. The van der Waals surface area contributed by atoms with Crippen LogP contribution in [-0.4, -0.2) is 10.9 Å². The largest absolute Gasteiger partial charge is 0.438 e. The van der Waals surface area contributed by atoms with Crippen LogP contribution in [0.1, 0.15) is 15.9 Å². The van der Waals surface area contributed by atoms with Gasteiger partial charge in [-0.3, -0.25) is 10.1 Å². The highest BCUT2D eigenvalue weighted by atomic mass is 79.9. The maximum Gasteiger partial charge on any atom is 0.262 e. The lowest BCUT2D eigenvalue weighted by Gasteiger charge is -2.05. The summed E-state index contributed by atoms with van der Waals surface area (Å²) < 4.78 is 6.87. The minimum atomic E-state index is -0.318. The number of carbonyl (C=O) groups excluding carboxylic acids is 1. The number of amides is 1. The van der Waals surface area contributed by atoms with Crippen molar-refractivity contribution in [2.24, 2.45) is 4.99 Å². The Balaban J connectivity index is 1.89. The SMILES string of the molecule is Cc1cccc(N=c2oc3ccc(Br)cc3cc2C(=O)Nc2nccs2)c1. The highest BCUT2D eigenvalue weighted by molar-refractivity contribution is 9.10. The Morgan fingerprint density at radius 3 is 2.89 bits per heavy atom. The fraction of sp³-hybridized carbons (Fsp3) is 0.0500. The van der Waals surface area contributed by atoms with E-state index in [0.717, 1.165) is 21.1 Å². The number of benzene rings is 2. The van der Waals surface area contributed by atoms with E-state index in [1.54, 1.807) is 17.6 Å². The van der Waals surface area contributed by atoms with Crippen LogP contribution < -0.4 is 10.9 Å². The third-order valence-electron chi connectivity index (χ3n) is 3.84. The second-order valence-corrected chi connectivity index (χ2v) is 7.70. The molecule has 0 aliphatic heterocycles. The first-order valence-corrected chi connectivity index (χ1v) is 9.81. The molecule has 0 unspecified atom stereocenters. The molecule has 0 fully saturated rings. The molecule has 1 N–H and O–H groups in total. The first-order valence-electron chi connectivity index (χ1n) is 8.14. The van der Waals surface area contributed by atoms with Crippen LogP contribution in [0.5, 0.6) is 0 Å². The lowest BCUT2D eigenvalue weighted by atomic mass is 10.1. The van der Waals surface area contributed by atoms with Crippen molar-refractivity contribution in [2.75, 3.05) is 5.32 Å². The van der Waals surface area contributed by atoms with Crippen LogP contribution in [0, 0.1) is 6.92 Å². The molecular weight excluding hydrogens is 426 g/mol. The molecule has 134 valence electrons. The van der Waals surface area contributed by atoms with Gasteiger partial charge in [-0.1, -0.05) is 28.1 Å². The van der Waals surface area contributed by atoms with E-state index >= 15 is 0 Å². The molecular formula is C20H14BrN3O2S. The van der Waals surface area contributed by atoms with Crippen molar-refractivity contribution in [1.29, 1.82) is 0 Å². The summed E-state index contributed by atoms with van der Waals surface area (Å²) in [6.45, 7) is 1.99. The van der Waals surface area contributed by atoms with Crippen LogP contribution in [0.3, 0.4) is 0 Å². The van der Waals surface area contributed by atoms with E-state index < -0.39 is 0 Å². The van der Waals surface area contributed by atoms with Gasteiger partial charge in [0.15, 0.2) is 5.13 Å². The smallest absolute Gasteiger partial charge is 0.262 e. The average molecular weight is 440 g/mol. The van der Waals surface area contributed by atoms with E-state index in [2.05, 4.69) is 31.2 Å². The molecule has 0 aliphatic carbocycles. The molecule has 0 atom stereocenters. The number of aromatic nitrogens is 1. The fourth-order valence-corrected chi connectivity index (χ4v) is 3.51. The van der Waals surface area contributed by atoms with Gasteiger partial charge in [-0.2, -0.15) is 0 Å². The van der Waals surface area contributed by atoms with Crippen LogP contribution in [0.4, 0.5) is 10.8 Å². The first kappa shape index (κ1) is 17.6. The molecule has 4 rings (SSSR count). The summed E-state index contributed by atoms with van der Waals surface area (Å²) in [5, 5.41) is 5.92. The van der Waals surface area contributed by atoms with Gasteiger partial charge in [0.2, 0.25) is 5.55 Å². The van der Waals surface area contributed by atoms with Gasteiger partial charge in [-0.15, -0.1) is 11.3 Å². The molecule has 7 heteroatoms. The van der Waals surface area contributed by atoms with Crippen molar-refractivity contribution >= 4 is 55.0 Å². The van der Waals surface area contributed by atoms with Crippen molar-refractivity contribution in [3.8, 4) is 0 Å². The summed E-state index contributed by atoms with van der Waals surface area (Å²) in [4.78, 5) is 21.5. The van der Waals surface area contributed by atoms with E-state index in [-0.39, 0.29) is 11.5 Å². The summed E-state index contributed by atoms with van der Waals surface area (Å²) in [5.41, 5.74) is 3.05. The lowest BCUT2D eigenvalue weighted by Crippen LogP contribution is -2.21. The zero-order valence-corrected chi connectivity index (χ0v) is 16.7. The second kappa shape index (κ2) is 7.46. The number of hydrogen-bond donors (Lipinski definition) is 1. The maximum atomic E-state index is 12.8. The van der Waals surface area contributed by atoms with E-state index in [0.29, 0.717) is 16.3 Å². The van der Waals surface area contributed by atoms with Crippen molar-refractivity contribution < 1.29 is 9.21 Å². The molecule has 2 heterocycles. The van der Waals surface area contributed by atoms with Crippen LogP contribution in [-0.2, 0) is 0 Å². The van der Waals surface area contributed by atoms with Crippen LogP contribution in [0.2, 0.25) is 0 Å². The summed E-state index contributed by atoms with van der Waals surface area (Å²) in [6.07, 6.45) is 1.64. The second-order valence-electron chi connectivity index (χ2n) is 5.89. The number of fused-ring (bicyclic) bond motifs is 1. The standard InChI is InChI=1S/C20H14BrN3O2S/c1-12-3-2-4-15(9-12)23-19-16(18(25)24-20-22-7-8-27-20)11-13-10-14(21)5-6-17(13)26-19/h2-11H,1H3,(H,22,24,25). The summed E-state index contributed by atoms with van der Waals surface area (Å²) in [5.74, 6) is -0.318. The number of nitrogens with one attached hydrogen (secondary N) is 1. The maximum absolute atomic E-state index is 12.8. The summed E-state index contributed by atoms with van der Waals surface area (Å²) in [7, 11) is 0. The Morgan fingerprint density at radius 2 is 2.11 bits per heavy atom. The number of halogens is 1. The molecule has 0 saturated heterocycles. The van der Waals surface area contributed by atoms with Gasteiger partial charge in [-0.25, -0.2) is 9.98 Å². The number of rotatable bonds is 3. The molecule has 2 aromatic heterocycles. The molecule has 0 aliphatic rings. The monoisotopic (exact) mass is 439 g/mol. The van der Waals surface area contributed by atoms with Gasteiger partial charge in [0.05, 0.1) is 5.69 Å². The Bertz CT molecular complexity index is 1200. The van der Waals surface area contributed by atoms with Gasteiger partial charge in [-0.05, 0) is 48.9 Å². The quantitative estimate of drug-likeness (QED) is 0.461. The molecule has 4 aromatic rings. The highest BCUT2D eigenvalue weighted by Crippen LogP contribution is 2.21. The van der Waals surface area contributed by atoms with Crippen molar-refractivity contribution in [3.63, 3.8) is 0 Å². The van der Waals surface area contributed by atoms with Gasteiger partial charge >= 0.3 is 0 Å². The van der Waals surface area contributed by atoms with Crippen LogP contribution in [0.25, 0.3) is 11.0 Å². The van der Waals surface area contributed by atoms with Crippen LogP contribution >= 0.6 is 27.3 Å². The topological polar surface area (TPSA) is 67.5 Å². The molecule has 1 amide bonds. The number of anilines is 1. The third-order valence-corrected chi connectivity index (χ3v) is 5.02. The van der Waals surface area contributed by atoms with Crippen molar-refractivity contribution in [2.45, 2.75) is 6.92 Å². The van der Waals surface area contributed by atoms with E-state index in [4.69, 9.17) is 4.42 Å². The Hall–Kier alpha value is -2.77. The first-order chi connectivity index (χ1) is 13.1. The fourth-order valence-electron chi connectivity index (χ4n) is 2.61. The lowest BCUT2D eigenvalue weighted by molar-refractivity contribution is 0.102. The van der Waals surface area contributed by atoms with Crippen molar-refractivity contribution in [3.05, 3.63) is 81.3 Å². The van der Waals surface area contributed by atoms with Crippen LogP contribution in [0.15, 0.2) is 74.0 Å². The normalized spacial score (nSPS) is 11.7. The van der Waals surface area contributed by atoms with E-state index in [1.165, 1.54) is 11.3 Å². The number of aryl methyl sites for hydroxylation is 1. The van der Waals surface area contributed by atoms with Gasteiger partial charge in [0.1, 0.15) is 11.1 Å². The predicted molar refractivity (Wildman–Crippen MR) is 110 cm³/mol. The number of hydrogen-bond acceptors (Lipinski definition) is 5. The number of carbonyl (C=O) groups is 1. The number of thiazole rings is 1. The molecule has 5 nitrogen and oxygen atoms in total. The van der Waals surface area contributed by atoms with E-state index in [9.17, 15) is 4.79 Å². The van der Waals surface area contributed by atoms with Crippen molar-refractivity contribution in [1.82, 2.24) is 4.98 Å². The predicted octanol–water partition coefficient (Wildman–Crippen LogP) is 5.44. The third kappa shape index (κ3) is 3.99. The van der Waals surface area contributed by atoms with Gasteiger partial charge in [0.25, 0.3) is 5.91 Å². The number of nitrogens with zero attached hydrogens (tertiary/aromatic N) is 2.